The van der Waals surface area contributed by atoms with Crippen LogP contribution in [-0.2, 0) is 4.79 Å². The Labute approximate surface area is 125 Å². The minimum Gasteiger partial charge on any atom is -0.369 e. The largest absolute Gasteiger partial charge is 0.369 e. The molecule has 1 heterocycles. The molecule has 2 rings (SSSR count). The summed E-state index contributed by atoms with van der Waals surface area (Å²) in [4.78, 5) is 35.2. The average molecular weight is 312 g/mol. The number of nitrogens with two attached hydrogens (primary N) is 1. The van der Waals surface area contributed by atoms with Crippen LogP contribution in [0.25, 0.3) is 0 Å². The Morgan fingerprint density at radius 1 is 1.33 bits per heavy atom. The van der Waals surface area contributed by atoms with Crippen LogP contribution in [0.1, 0.15) is 23.2 Å². The van der Waals surface area contributed by atoms with Crippen LogP contribution >= 0.6 is 11.6 Å². The van der Waals surface area contributed by atoms with Gasteiger partial charge in [0.2, 0.25) is 5.91 Å². The molecule has 2 amide bonds. The molecule has 1 fully saturated rings. The quantitative estimate of drug-likeness (QED) is 0.675. The Balaban J connectivity index is 2.13. The molecule has 1 aromatic carbocycles. The van der Waals surface area contributed by atoms with Gasteiger partial charge in [-0.25, -0.2) is 0 Å². The predicted molar refractivity (Wildman–Crippen MR) is 75.9 cm³/mol. The number of nitro groups is 1. The molecule has 1 aliphatic heterocycles. The smallest absolute Gasteiger partial charge is 0.288 e. The summed E-state index contributed by atoms with van der Waals surface area (Å²) in [6.07, 6.45) is 1.02. The standard InChI is InChI=1S/C13H14ClN3O4/c14-10-2-1-9(7-11(10)17(20)21)13(19)16-5-3-8(4-6-16)12(15)18/h1-2,7-8H,3-6H2,(H2,15,18). The lowest BCUT2D eigenvalue weighted by atomic mass is 9.96. The van der Waals surface area contributed by atoms with Gasteiger partial charge in [0.15, 0.2) is 0 Å². The van der Waals surface area contributed by atoms with E-state index in [0.29, 0.717) is 25.9 Å². The maximum Gasteiger partial charge on any atom is 0.288 e. The normalized spacial score (nSPS) is 15.8. The van der Waals surface area contributed by atoms with Gasteiger partial charge in [0, 0.05) is 30.6 Å². The molecule has 112 valence electrons. The first-order chi connectivity index (χ1) is 9.90. The predicted octanol–water partition coefficient (Wildman–Crippen LogP) is 1.59. The molecule has 0 saturated carbocycles. The van der Waals surface area contributed by atoms with E-state index < -0.39 is 4.92 Å². The molecule has 2 N–H and O–H groups in total. The molecule has 0 unspecified atom stereocenters. The third-order valence-electron chi connectivity index (χ3n) is 3.57. The third kappa shape index (κ3) is 3.30. The molecule has 0 spiro atoms. The molecule has 1 aliphatic rings. The summed E-state index contributed by atoms with van der Waals surface area (Å²) in [5.41, 5.74) is 5.15. The number of carbonyl (C=O) groups is 2. The Bertz CT molecular complexity index is 597. The highest BCUT2D eigenvalue weighted by Gasteiger charge is 2.27. The van der Waals surface area contributed by atoms with E-state index in [9.17, 15) is 19.7 Å². The molecule has 0 atom stereocenters. The first kappa shape index (κ1) is 15.2. The Kier molecular flexibility index (Phi) is 4.42. The summed E-state index contributed by atoms with van der Waals surface area (Å²) in [6.45, 7) is 0.811. The van der Waals surface area contributed by atoms with Gasteiger partial charge in [0.1, 0.15) is 5.02 Å². The van der Waals surface area contributed by atoms with E-state index >= 15 is 0 Å². The van der Waals surface area contributed by atoms with Crippen molar-refractivity contribution >= 4 is 29.1 Å². The van der Waals surface area contributed by atoms with E-state index in [1.165, 1.54) is 18.2 Å². The monoisotopic (exact) mass is 311 g/mol. The molecule has 0 aromatic heterocycles. The highest BCUT2D eigenvalue weighted by molar-refractivity contribution is 6.32. The Hall–Kier alpha value is -2.15. The fourth-order valence-electron chi connectivity index (χ4n) is 2.34. The number of primary amides is 1. The van der Waals surface area contributed by atoms with Gasteiger partial charge in [-0.2, -0.15) is 0 Å². The fourth-order valence-corrected chi connectivity index (χ4v) is 2.52. The molecular weight excluding hydrogens is 298 g/mol. The molecule has 1 aromatic rings. The van der Waals surface area contributed by atoms with Gasteiger partial charge in [-0.05, 0) is 25.0 Å². The topological polar surface area (TPSA) is 107 Å². The van der Waals surface area contributed by atoms with Crippen molar-refractivity contribution in [3.63, 3.8) is 0 Å². The average Bonchev–Trinajstić information content (AvgIpc) is 2.46. The Morgan fingerprint density at radius 3 is 2.48 bits per heavy atom. The molecular formula is C13H14ClN3O4. The van der Waals surface area contributed by atoms with Crippen molar-refractivity contribution in [3.05, 3.63) is 38.9 Å². The molecule has 1 saturated heterocycles. The SMILES string of the molecule is NC(=O)C1CCN(C(=O)c2ccc(Cl)c([N+](=O)[O-])c2)CC1. The second-order valence-corrected chi connectivity index (χ2v) is 5.30. The number of benzene rings is 1. The highest BCUT2D eigenvalue weighted by atomic mass is 35.5. The van der Waals surface area contributed by atoms with Crippen molar-refractivity contribution in [1.29, 1.82) is 0 Å². The lowest BCUT2D eigenvalue weighted by Crippen LogP contribution is -2.41. The van der Waals surface area contributed by atoms with Crippen molar-refractivity contribution in [2.45, 2.75) is 12.8 Å². The maximum absolute atomic E-state index is 12.3. The number of hydrogen-bond acceptors (Lipinski definition) is 4. The van der Waals surface area contributed by atoms with E-state index in [1.54, 1.807) is 4.90 Å². The summed E-state index contributed by atoms with van der Waals surface area (Å²) >= 11 is 5.72. The number of piperidine rings is 1. The van der Waals surface area contributed by atoms with Crippen LogP contribution in [-0.4, -0.2) is 34.7 Å². The minimum absolute atomic E-state index is 0.0102. The van der Waals surface area contributed by atoms with Crippen LogP contribution in [0.2, 0.25) is 5.02 Å². The third-order valence-corrected chi connectivity index (χ3v) is 3.89. The summed E-state index contributed by atoms with van der Waals surface area (Å²) < 4.78 is 0. The molecule has 0 aliphatic carbocycles. The van der Waals surface area contributed by atoms with E-state index in [2.05, 4.69) is 0 Å². The van der Waals surface area contributed by atoms with Crippen LogP contribution in [0.4, 0.5) is 5.69 Å². The van der Waals surface area contributed by atoms with Crippen LogP contribution < -0.4 is 5.73 Å². The van der Waals surface area contributed by atoms with Crippen molar-refractivity contribution in [1.82, 2.24) is 4.90 Å². The van der Waals surface area contributed by atoms with E-state index in [-0.39, 0.29) is 34.0 Å². The number of hydrogen-bond donors (Lipinski definition) is 1. The van der Waals surface area contributed by atoms with Gasteiger partial charge in [-0.1, -0.05) is 11.6 Å². The molecule has 0 bridgehead atoms. The van der Waals surface area contributed by atoms with Crippen molar-refractivity contribution in [2.24, 2.45) is 11.7 Å². The van der Waals surface area contributed by atoms with Crippen LogP contribution in [0.5, 0.6) is 0 Å². The minimum atomic E-state index is -0.627. The Morgan fingerprint density at radius 2 is 1.95 bits per heavy atom. The van der Waals surface area contributed by atoms with Gasteiger partial charge >= 0.3 is 0 Å². The van der Waals surface area contributed by atoms with E-state index in [1.807, 2.05) is 0 Å². The zero-order chi connectivity index (χ0) is 15.6. The van der Waals surface area contributed by atoms with Gasteiger partial charge in [0.25, 0.3) is 11.6 Å². The van der Waals surface area contributed by atoms with Crippen LogP contribution in [0.15, 0.2) is 18.2 Å². The number of carbonyl (C=O) groups excluding carboxylic acids is 2. The van der Waals surface area contributed by atoms with E-state index in [0.717, 1.165) is 0 Å². The van der Waals surface area contributed by atoms with Crippen molar-refractivity contribution in [2.75, 3.05) is 13.1 Å². The number of rotatable bonds is 3. The first-order valence-electron chi connectivity index (χ1n) is 6.42. The molecule has 0 radical (unpaired) electrons. The maximum atomic E-state index is 12.3. The molecule has 21 heavy (non-hydrogen) atoms. The number of halogens is 1. The zero-order valence-electron chi connectivity index (χ0n) is 11.1. The van der Waals surface area contributed by atoms with E-state index in [4.69, 9.17) is 17.3 Å². The van der Waals surface area contributed by atoms with Gasteiger partial charge in [-0.3, -0.25) is 19.7 Å². The van der Waals surface area contributed by atoms with Crippen LogP contribution in [0, 0.1) is 16.0 Å². The number of amides is 2. The number of nitrogens with zero attached hydrogens (tertiary/aromatic N) is 2. The molecule has 7 nitrogen and oxygen atoms in total. The fraction of sp³-hybridized carbons (Fsp3) is 0.385. The summed E-state index contributed by atoms with van der Waals surface area (Å²) in [7, 11) is 0. The van der Waals surface area contributed by atoms with Crippen molar-refractivity contribution < 1.29 is 14.5 Å². The lowest BCUT2D eigenvalue weighted by molar-refractivity contribution is -0.384. The van der Waals surface area contributed by atoms with Crippen molar-refractivity contribution in [3.8, 4) is 0 Å². The molecule has 8 heteroatoms. The van der Waals surface area contributed by atoms with Gasteiger partial charge in [0.05, 0.1) is 4.92 Å². The van der Waals surface area contributed by atoms with Gasteiger partial charge < -0.3 is 10.6 Å². The number of nitro benzene ring substituents is 1. The second-order valence-electron chi connectivity index (χ2n) is 4.89. The first-order valence-corrected chi connectivity index (χ1v) is 6.80. The lowest BCUT2D eigenvalue weighted by Gasteiger charge is -2.30. The number of likely N-dealkylation sites (tertiary alicyclic amines) is 1. The summed E-state index contributed by atoms with van der Waals surface area (Å²) in [6, 6.07) is 3.96. The summed E-state index contributed by atoms with van der Waals surface area (Å²) in [5, 5.41) is 10.8. The van der Waals surface area contributed by atoms with Crippen LogP contribution in [0.3, 0.4) is 0 Å². The zero-order valence-corrected chi connectivity index (χ0v) is 11.9. The summed E-state index contributed by atoms with van der Waals surface area (Å²) in [5.74, 6) is -0.879. The van der Waals surface area contributed by atoms with Gasteiger partial charge in [-0.15, -0.1) is 0 Å². The second kappa shape index (κ2) is 6.09. The highest BCUT2D eigenvalue weighted by Crippen LogP contribution is 2.26.